The molecule has 1 heterocycles. The lowest BCUT2D eigenvalue weighted by Gasteiger charge is -2.09. The van der Waals surface area contributed by atoms with E-state index in [2.05, 4.69) is 78.9 Å². The van der Waals surface area contributed by atoms with Gasteiger partial charge in [0.05, 0.1) is 11.2 Å². The molecule has 0 N–H and O–H groups in total. The minimum Gasteiger partial charge on any atom is -0.248 e. The molecule has 0 bridgehead atoms. The fraction of sp³-hybridized carbons (Fsp3) is 0. The summed E-state index contributed by atoms with van der Waals surface area (Å²) in [5.41, 5.74) is 3.24. The van der Waals surface area contributed by atoms with E-state index in [1.54, 1.807) is 0 Å². The fourth-order valence-corrected chi connectivity index (χ4v) is 3.48. The second-order valence-corrected chi connectivity index (χ2v) is 6.08. The minimum absolute atomic E-state index is 1.02. The first kappa shape index (κ1) is 13.3. The van der Waals surface area contributed by atoms with E-state index < -0.39 is 0 Å². The summed E-state index contributed by atoms with van der Waals surface area (Å²) in [6.45, 7) is 0. The first-order valence-electron chi connectivity index (χ1n) is 8.17. The van der Waals surface area contributed by atoms with Crippen molar-refractivity contribution in [3.63, 3.8) is 0 Å². The predicted octanol–water partition coefficient (Wildman–Crippen LogP) is 6.21. The van der Waals surface area contributed by atoms with E-state index in [4.69, 9.17) is 4.98 Å². The van der Waals surface area contributed by atoms with Crippen molar-refractivity contribution in [3.05, 3.63) is 91.0 Å². The van der Waals surface area contributed by atoms with Crippen molar-refractivity contribution in [2.45, 2.75) is 0 Å². The summed E-state index contributed by atoms with van der Waals surface area (Å²) in [5, 5.41) is 6.26. The van der Waals surface area contributed by atoms with E-state index >= 15 is 0 Å². The van der Waals surface area contributed by atoms with Crippen LogP contribution in [0.1, 0.15) is 0 Å². The molecule has 0 aliphatic heterocycles. The van der Waals surface area contributed by atoms with Gasteiger partial charge in [0.25, 0.3) is 0 Å². The molecule has 0 unspecified atom stereocenters. The van der Waals surface area contributed by atoms with Gasteiger partial charge in [-0.25, -0.2) is 4.98 Å². The summed E-state index contributed by atoms with van der Waals surface area (Å²) in [4.78, 5) is 4.88. The average molecular weight is 305 g/mol. The first-order valence-corrected chi connectivity index (χ1v) is 8.17. The lowest BCUT2D eigenvalue weighted by atomic mass is 9.96. The number of hydrogen-bond acceptors (Lipinski definition) is 1. The van der Waals surface area contributed by atoms with Gasteiger partial charge in [-0.05, 0) is 33.7 Å². The van der Waals surface area contributed by atoms with Crippen molar-refractivity contribution in [1.82, 2.24) is 4.98 Å². The van der Waals surface area contributed by atoms with Crippen LogP contribution in [-0.2, 0) is 0 Å². The standard InChI is InChI=1S/C23H15N/c1-3-8-18-16(6-1)12-14-20-19(18)9-5-10-21(20)23-15-13-17-7-2-4-11-22(17)24-23/h1-15H. The molecule has 5 rings (SSSR count). The predicted molar refractivity (Wildman–Crippen MR) is 102 cm³/mol. The highest BCUT2D eigenvalue weighted by molar-refractivity contribution is 6.11. The Morgan fingerprint density at radius 1 is 0.458 bits per heavy atom. The summed E-state index contributed by atoms with van der Waals surface area (Å²) in [7, 11) is 0. The molecule has 0 atom stereocenters. The smallest absolute Gasteiger partial charge is 0.0715 e. The number of benzene rings is 4. The van der Waals surface area contributed by atoms with Gasteiger partial charge in [0.15, 0.2) is 0 Å². The van der Waals surface area contributed by atoms with Gasteiger partial charge in [-0.1, -0.05) is 78.9 Å². The van der Waals surface area contributed by atoms with Crippen molar-refractivity contribution >= 4 is 32.4 Å². The molecule has 0 amide bonds. The zero-order valence-electron chi connectivity index (χ0n) is 13.1. The molecular weight excluding hydrogens is 290 g/mol. The molecule has 1 heteroatoms. The molecule has 0 saturated carbocycles. The Labute approximate surface area is 140 Å². The minimum atomic E-state index is 1.02. The van der Waals surface area contributed by atoms with E-state index in [9.17, 15) is 0 Å². The first-order chi connectivity index (χ1) is 11.9. The molecular formula is C23H15N. The van der Waals surface area contributed by atoms with E-state index in [1.165, 1.54) is 32.5 Å². The third kappa shape index (κ3) is 1.99. The van der Waals surface area contributed by atoms with Crippen molar-refractivity contribution in [1.29, 1.82) is 0 Å². The quantitative estimate of drug-likeness (QED) is 0.336. The van der Waals surface area contributed by atoms with Crippen LogP contribution >= 0.6 is 0 Å². The Kier molecular flexibility index (Phi) is 2.86. The van der Waals surface area contributed by atoms with Crippen LogP contribution in [0.4, 0.5) is 0 Å². The fourth-order valence-electron chi connectivity index (χ4n) is 3.48. The van der Waals surface area contributed by atoms with Gasteiger partial charge in [-0.2, -0.15) is 0 Å². The summed E-state index contributed by atoms with van der Waals surface area (Å²) in [6, 6.07) is 32.0. The summed E-state index contributed by atoms with van der Waals surface area (Å²) in [6.07, 6.45) is 0. The Bertz CT molecular complexity index is 1200. The molecule has 1 aromatic heterocycles. The largest absolute Gasteiger partial charge is 0.248 e. The maximum absolute atomic E-state index is 4.88. The van der Waals surface area contributed by atoms with Crippen LogP contribution in [-0.4, -0.2) is 4.98 Å². The van der Waals surface area contributed by atoms with Crippen molar-refractivity contribution < 1.29 is 0 Å². The molecule has 0 spiro atoms. The van der Waals surface area contributed by atoms with Gasteiger partial charge in [0, 0.05) is 10.9 Å². The van der Waals surface area contributed by atoms with Gasteiger partial charge >= 0.3 is 0 Å². The van der Waals surface area contributed by atoms with Crippen LogP contribution < -0.4 is 0 Å². The maximum Gasteiger partial charge on any atom is 0.0715 e. The van der Waals surface area contributed by atoms with Gasteiger partial charge in [0.2, 0.25) is 0 Å². The number of nitrogens with zero attached hydrogens (tertiary/aromatic N) is 1. The Morgan fingerprint density at radius 3 is 2.17 bits per heavy atom. The van der Waals surface area contributed by atoms with Crippen LogP contribution in [0.15, 0.2) is 91.0 Å². The van der Waals surface area contributed by atoms with Crippen LogP contribution in [0.3, 0.4) is 0 Å². The van der Waals surface area contributed by atoms with Gasteiger partial charge in [-0.3, -0.25) is 0 Å². The Balaban J connectivity index is 1.83. The Morgan fingerprint density at radius 2 is 1.21 bits per heavy atom. The molecule has 24 heavy (non-hydrogen) atoms. The second kappa shape index (κ2) is 5.17. The number of rotatable bonds is 1. The SMILES string of the molecule is c1ccc2nc(-c3cccc4c3ccc3ccccc34)ccc2c1. The molecule has 0 saturated heterocycles. The molecule has 4 aromatic carbocycles. The van der Waals surface area contributed by atoms with E-state index in [0.717, 1.165) is 11.2 Å². The van der Waals surface area contributed by atoms with E-state index in [1.807, 2.05) is 12.1 Å². The van der Waals surface area contributed by atoms with Crippen LogP contribution in [0, 0.1) is 0 Å². The van der Waals surface area contributed by atoms with Crippen molar-refractivity contribution in [2.75, 3.05) is 0 Å². The topological polar surface area (TPSA) is 12.9 Å². The highest BCUT2D eigenvalue weighted by Gasteiger charge is 2.08. The van der Waals surface area contributed by atoms with Gasteiger partial charge in [0.1, 0.15) is 0 Å². The van der Waals surface area contributed by atoms with E-state index in [-0.39, 0.29) is 0 Å². The number of aromatic nitrogens is 1. The van der Waals surface area contributed by atoms with Crippen LogP contribution in [0.2, 0.25) is 0 Å². The molecule has 112 valence electrons. The Hall–Kier alpha value is -3.19. The van der Waals surface area contributed by atoms with Gasteiger partial charge in [-0.15, -0.1) is 0 Å². The molecule has 1 nitrogen and oxygen atoms in total. The number of fused-ring (bicyclic) bond motifs is 4. The van der Waals surface area contributed by atoms with Crippen LogP contribution in [0.25, 0.3) is 43.7 Å². The summed E-state index contributed by atoms with van der Waals surface area (Å²) >= 11 is 0. The molecule has 0 aliphatic carbocycles. The number of para-hydroxylation sites is 1. The highest BCUT2D eigenvalue weighted by atomic mass is 14.7. The normalized spacial score (nSPS) is 11.3. The average Bonchev–Trinajstić information content (AvgIpc) is 2.67. The maximum atomic E-state index is 4.88. The molecule has 0 fully saturated rings. The zero-order valence-corrected chi connectivity index (χ0v) is 13.1. The lowest BCUT2D eigenvalue weighted by molar-refractivity contribution is 1.41. The molecule has 0 aliphatic rings. The summed E-state index contributed by atoms with van der Waals surface area (Å²) in [5.74, 6) is 0. The van der Waals surface area contributed by atoms with Crippen molar-refractivity contribution in [3.8, 4) is 11.3 Å². The third-order valence-corrected chi connectivity index (χ3v) is 4.66. The van der Waals surface area contributed by atoms with E-state index in [0.29, 0.717) is 0 Å². The molecule has 0 radical (unpaired) electrons. The number of pyridine rings is 1. The summed E-state index contributed by atoms with van der Waals surface area (Å²) < 4.78 is 0. The monoisotopic (exact) mass is 305 g/mol. The highest BCUT2D eigenvalue weighted by Crippen LogP contribution is 2.32. The van der Waals surface area contributed by atoms with Crippen molar-refractivity contribution in [2.24, 2.45) is 0 Å². The molecule has 5 aromatic rings. The third-order valence-electron chi connectivity index (χ3n) is 4.66. The second-order valence-electron chi connectivity index (χ2n) is 6.08. The lowest BCUT2D eigenvalue weighted by Crippen LogP contribution is -1.87. The van der Waals surface area contributed by atoms with Gasteiger partial charge < -0.3 is 0 Å². The zero-order chi connectivity index (χ0) is 15.9. The number of hydrogen-bond donors (Lipinski definition) is 0. The van der Waals surface area contributed by atoms with Crippen LogP contribution in [0.5, 0.6) is 0 Å².